The molecular formula is C20H20ClF3O3. The maximum Gasteiger partial charge on any atom is 0.425 e. The molecule has 3 nitrogen and oxygen atoms in total. The highest BCUT2D eigenvalue weighted by molar-refractivity contribution is 6.67. The molecule has 1 unspecified atom stereocenters. The predicted molar refractivity (Wildman–Crippen MR) is 98.1 cm³/mol. The van der Waals surface area contributed by atoms with E-state index in [2.05, 4.69) is 0 Å². The van der Waals surface area contributed by atoms with Crippen LogP contribution in [-0.2, 0) is 4.74 Å². The fourth-order valence-electron chi connectivity index (χ4n) is 2.74. The number of halogens is 4. The zero-order valence-electron chi connectivity index (χ0n) is 14.8. The summed E-state index contributed by atoms with van der Waals surface area (Å²) in [6.07, 6.45) is -4.20. The number of carbonyl (C=O) groups is 2. The van der Waals surface area contributed by atoms with Crippen LogP contribution in [0, 0.1) is 0 Å². The van der Waals surface area contributed by atoms with Crippen LogP contribution in [0.1, 0.15) is 59.7 Å². The molecule has 2 aromatic carbocycles. The molecule has 0 saturated heterocycles. The normalized spacial score (nSPS) is 12.8. The molecule has 146 valence electrons. The van der Waals surface area contributed by atoms with Gasteiger partial charge in [-0.05, 0) is 59.5 Å². The fraction of sp³-hybridized carbons (Fsp3) is 0.400. The number of alkyl halides is 3. The SMILES string of the molecule is CCCCCCC(OC(=O)c1ccc2cc(C(=O)Cl)ccc2c1)C(F)(F)F. The number of fused-ring (bicyclic) bond motifs is 1. The molecule has 0 radical (unpaired) electrons. The molecule has 1 atom stereocenters. The number of ether oxygens (including phenoxy) is 1. The molecule has 0 heterocycles. The number of carbonyl (C=O) groups excluding carboxylic acids is 2. The molecule has 27 heavy (non-hydrogen) atoms. The van der Waals surface area contributed by atoms with E-state index in [1.54, 1.807) is 18.2 Å². The van der Waals surface area contributed by atoms with Gasteiger partial charge in [0.25, 0.3) is 5.24 Å². The number of esters is 1. The predicted octanol–water partition coefficient (Wildman–Crippen LogP) is 6.28. The number of benzene rings is 2. The Morgan fingerprint density at radius 2 is 1.59 bits per heavy atom. The Hall–Kier alpha value is -2.08. The van der Waals surface area contributed by atoms with E-state index in [4.69, 9.17) is 16.3 Å². The minimum absolute atomic E-state index is 0.0234. The molecule has 2 rings (SSSR count). The van der Waals surface area contributed by atoms with Crippen molar-refractivity contribution in [3.63, 3.8) is 0 Å². The Labute approximate surface area is 160 Å². The summed E-state index contributed by atoms with van der Waals surface area (Å²) in [7, 11) is 0. The quantitative estimate of drug-likeness (QED) is 0.297. The van der Waals surface area contributed by atoms with Crippen LogP contribution < -0.4 is 0 Å². The molecule has 0 aliphatic carbocycles. The Balaban J connectivity index is 2.14. The lowest BCUT2D eigenvalue weighted by molar-refractivity contribution is -0.206. The van der Waals surface area contributed by atoms with Gasteiger partial charge in [-0.15, -0.1) is 0 Å². The van der Waals surface area contributed by atoms with Crippen LogP contribution in [0.5, 0.6) is 0 Å². The largest absolute Gasteiger partial charge is 0.449 e. The second-order valence-corrected chi connectivity index (χ2v) is 6.68. The zero-order valence-corrected chi connectivity index (χ0v) is 15.6. The van der Waals surface area contributed by atoms with Crippen molar-refractivity contribution in [1.82, 2.24) is 0 Å². The van der Waals surface area contributed by atoms with Gasteiger partial charge in [-0.2, -0.15) is 13.2 Å². The first kappa shape index (κ1) is 21.2. The number of hydrogen-bond acceptors (Lipinski definition) is 3. The Kier molecular flexibility index (Phi) is 7.25. The molecule has 0 aliphatic heterocycles. The van der Waals surface area contributed by atoms with Gasteiger partial charge in [0, 0.05) is 5.56 Å². The highest BCUT2D eigenvalue weighted by Crippen LogP contribution is 2.28. The van der Waals surface area contributed by atoms with Crippen molar-refractivity contribution in [2.75, 3.05) is 0 Å². The summed E-state index contributed by atoms with van der Waals surface area (Å²) in [5.41, 5.74) is 0.318. The van der Waals surface area contributed by atoms with Crippen molar-refractivity contribution < 1.29 is 27.5 Å². The number of hydrogen-bond donors (Lipinski definition) is 0. The van der Waals surface area contributed by atoms with Gasteiger partial charge >= 0.3 is 12.1 Å². The van der Waals surface area contributed by atoms with Gasteiger partial charge in [-0.1, -0.05) is 38.3 Å². The minimum atomic E-state index is -4.60. The highest BCUT2D eigenvalue weighted by atomic mass is 35.5. The van der Waals surface area contributed by atoms with Gasteiger partial charge < -0.3 is 4.74 Å². The van der Waals surface area contributed by atoms with Crippen molar-refractivity contribution in [2.45, 2.75) is 51.3 Å². The van der Waals surface area contributed by atoms with E-state index >= 15 is 0 Å². The molecule has 0 spiro atoms. The minimum Gasteiger partial charge on any atom is -0.449 e. The first-order chi connectivity index (χ1) is 12.7. The Morgan fingerprint density at radius 3 is 2.15 bits per heavy atom. The van der Waals surface area contributed by atoms with E-state index in [0.717, 1.165) is 12.8 Å². The second-order valence-electron chi connectivity index (χ2n) is 6.34. The molecule has 2 aromatic rings. The average Bonchev–Trinajstić information content (AvgIpc) is 2.62. The van der Waals surface area contributed by atoms with Gasteiger partial charge in [0.2, 0.25) is 0 Å². The van der Waals surface area contributed by atoms with E-state index in [0.29, 0.717) is 29.2 Å². The van der Waals surface area contributed by atoms with Gasteiger partial charge in [0.1, 0.15) is 0 Å². The van der Waals surface area contributed by atoms with Crippen LogP contribution in [0.4, 0.5) is 13.2 Å². The smallest absolute Gasteiger partial charge is 0.425 e. The lowest BCUT2D eigenvalue weighted by Gasteiger charge is -2.20. The van der Waals surface area contributed by atoms with Crippen molar-refractivity contribution >= 4 is 33.6 Å². The molecule has 0 aromatic heterocycles. The highest BCUT2D eigenvalue weighted by Gasteiger charge is 2.42. The first-order valence-corrected chi connectivity index (χ1v) is 9.11. The molecule has 0 bridgehead atoms. The van der Waals surface area contributed by atoms with Crippen molar-refractivity contribution in [1.29, 1.82) is 0 Å². The first-order valence-electron chi connectivity index (χ1n) is 8.73. The zero-order chi connectivity index (χ0) is 20.0. The topological polar surface area (TPSA) is 43.4 Å². The average molecular weight is 401 g/mol. The van der Waals surface area contributed by atoms with Crippen LogP contribution >= 0.6 is 11.6 Å². The Bertz CT molecular complexity index is 818. The summed E-state index contributed by atoms with van der Waals surface area (Å²) >= 11 is 5.43. The lowest BCUT2D eigenvalue weighted by Crippen LogP contribution is -2.33. The molecule has 0 saturated carbocycles. The van der Waals surface area contributed by atoms with Crippen molar-refractivity contribution in [3.8, 4) is 0 Å². The van der Waals surface area contributed by atoms with E-state index in [1.807, 2.05) is 6.92 Å². The molecule has 0 N–H and O–H groups in total. The molecular weight excluding hydrogens is 381 g/mol. The standard InChI is InChI=1S/C20H20ClF3O3/c1-2-3-4-5-6-17(20(22,23)24)27-19(26)16-10-8-13-11-15(18(21)25)9-7-14(13)12-16/h7-12,17H,2-6H2,1H3. The number of rotatable bonds is 8. The maximum atomic E-state index is 13.2. The van der Waals surface area contributed by atoms with Crippen LogP contribution in [0.3, 0.4) is 0 Å². The summed E-state index contributed by atoms with van der Waals surface area (Å²) in [5, 5.41) is 0.624. The van der Waals surface area contributed by atoms with Gasteiger partial charge in [-0.3, -0.25) is 4.79 Å². The molecule has 0 amide bonds. The van der Waals surface area contributed by atoms with E-state index < -0.39 is 23.5 Å². The maximum absolute atomic E-state index is 13.2. The van der Waals surface area contributed by atoms with Crippen LogP contribution in [0.2, 0.25) is 0 Å². The fourth-order valence-corrected chi connectivity index (χ4v) is 2.86. The van der Waals surface area contributed by atoms with Crippen molar-refractivity contribution in [3.05, 3.63) is 47.5 Å². The van der Waals surface area contributed by atoms with Gasteiger partial charge in [0.05, 0.1) is 5.56 Å². The third-order valence-electron chi connectivity index (χ3n) is 4.24. The second kappa shape index (κ2) is 9.22. The number of unbranched alkanes of at least 4 members (excludes halogenated alkanes) is 3. The van der Waals surface area contributed by atoms with E-state index in [-0.39, 0.29) is 12.0 Å². The van der Waals surface area contributed by atoms with Crippen LogP contribution in [-0.4, -0.2) is 23.5 Å². The van der Waals surface area contributed by atoms with E-state index in [1.165, 1.54) is 18.2 Å². The molecule has 0 aliphatic rings. The Morgan fingerprint density at radius 1 is 1.00 bits per heavy atom. The van der Waals surface area contributed by atoms with Crippen molar-refractivity contribution in [2.24, 2.45) is 0 Å². The third-order valence-corrected chi connectivity index (χ3v) is 4.46. The summed E-state index contributed by atoms with van der Waals surface area (Å²) in [6, 6.07) is 8.96. The van der Waals surface area contributed by atoms with Crippen LogP contribution in [0.15, 0.2) is 36.4 Å². The van der Waals surface area contributed by atoms with Crippen LogP contribution in [0.25, 0.3) is 10.8 Å². The monoisotopic (exact) mass is 400 g/mol. The third kappa shape index (κ3) is 5.96. The van der Waals surface area contributed by atoms with Gasteiger partial charge in [0.15, 0.2) is 6.10 Å². The van der Waals surface area contributed by atoms with E-state index in [9.17, 15) is 22.8 Å². The summed E-state index contributed by atoms with van der Waals surface area (Å²) in [4.78, 5) is 23.4. The molecule has 0 fully saturated rings. The summed E-state index contributed by atoms with van der Waals surface area (Å²) in [6.45, 7) is 1.97. The molecule has 7 heteroatoms. The lowest BCUT2D eigenvalue weighted by atomic mass is 10.0. The summed E-state index contributed by atoms with van der Waals surface area (Å²) in [5.74, 6) is -1.02. The van der Waals surface area contributed by atoms with Gasteiger partial charge in [-0.25, -0.2) is 4.79 Å². The summed E-state index contributed by atoms with van der Waals surface area (Å²) < 4.78 is 44.2.